The second kappa shape index (κ2) is 16.7. The minimum absolute atomic E-state index is 0.0299. The molecule has 0 bridgehead atoms. The number of rotatable bonds is 14. The summed E-state index contributed by atoms with van der Waals surface area (Å²) in [5.74, 6) is -0.575. The van der Waals surface area contributed by atoms with Crippen molar-refractivity contribution in [3.8, 4) is 5.69 Å². The number of carbonyl (C=O) groups excluding carboxylic acids is 1. The summed E-state index contributed by atoms with van der Waals surface area (Å²) in [5.41, 5.74) is 2.11. The third-order valence-corrected chi connectivity index (χ3v) is 9.72. The van der Waals surface area contributed by atoms with Crippen LogP contribution >= 0.6 is 0 Å². The molecule has 0 spiro atoms. The van der Waals surface area contributed by atoms with Crippen LogP contribution in [0.4, 0.5) is 0 Å². The first-order valence-electron chi connectivity index (χ1n) is 17.1. The van der Waals surface area contributed by atoms with Crippen molar-refractivity contribution >= 4 is 5.91 Å². The zero-order valence-corrected chi connectivity index (χ0v) is 27.8. The summed E-state index contributed by atoms with van der Waals surface area (Å²) in [6.45, 7) is 9.35. The molecule has 1 amide bonds. The molecule has 2 saturated heterocycles. The fourth-order valence-corrected chi connectivity index (χ4v) is 7.22. The van der Waals surface area contributed by atoms with Gasteiger partial charge in [-0.25, -0.2) is 4.68 Å². The molecule has 0 unspecified atom stereocenters. The predicted octanol–water partition coefficient (Wildman–Crippen LogP) is 3.35. The van der Waals surface area contributed by atoms with Gasteiger partial charge in [0.05, 0.1) is 32.1 Å². The van der Waals surface area contributed by atoms with Crippen LogP contribution in [0.3, 0.4) is 0 Å². The van der Waals surface area contributed by atoms with E-state index >= 15 is 0 Å². The molecular weight excluding hydrogens is 588 g/mol. The first kappa shape index (κ1) is 34.4. The number of aliphatic hydroxyl groups excluding tert-OH is 1. The zero-order valence-electron chi connectivity index (χ0n) is 27.8. The third kappa shape index (κ3) is 7.94. The minimum Gasteiger partial charge on any atom is -0.459 e. The van der Waals surface area contributed by atoms with E-state index in [4.69, 9.17) is 24.1 Å². The van der Waals surface area contributed by atoms with E-state index in [1.165, 1.54) is 19.3 Å². The minimum atomic E-state index is -0.719. The average Bonchev–Trinajstić information content (AvgIpc) is 3.31. The Balaban J connectivity index is 1.42. The lowest BCUT2D eigenvalue weighted by Crippen LogP contribution is -2.49. The van der Waals surface area contributed by atoms with Crippen molar-refractivity contribution in [1.29, 1.82) is 0 Å². The Kier molecular flexibility index (Phi) is 12.5. The van der Waals surface area contributed by atoms with Crippen molar-refractivity contribution in [1.82, 2.24) is 19.2 Å². The number of piperidine rings is 2. The average molecular weight is 641 g/mol. The number of hydrogen-bond acceptors (Lipinski definition) is 8. The highest BCUT2D eigenvalue weighted by atomic mass is 16.7. The van der Waals surface area contributed by atoms with Crippen molar-refractivity contribution in [3.05, 3.63) is 63.8 Å². The van der Waals surface area contributed by atoms with Crippen LogP contribution in [0.5, 0.6) is 0 Å². The van der Waals surface area contributed by atoms with Gasteiger partial charge in [0.1, 0.15) is 0 Å². The molecule has 1 aromatic carbocycles. The van der Waals surface area contributed by atoms with E-state index in [-0.39, 0.29) is 36.4 Å². The van der Waals surface area contributed by atoms with Crippen LogP contribution in [0.25, 0.3) is 5.69 Å². The molecule has 0 saturated carbocycles. The smallest absolute Gasteiger partial charge is 0.288 e. The maximum Gasteiger partial charge on any atom is 0.288 e. The van der Waals surface area contributed by atoms with Crippen molar-refractivity contribution < 1.29 is 28.8 Å². The van der Waals surface area contributed by atoms with Gasteiger partial charge < -0.3 is 33.9 Å². The zero-order chi connectivity index (χ0) is 32.5. The quantitative estimate of drug-likeness (QED) is 0.314. The fraction of sp³-hybridized carbons (Fsp3) is 0.657. The van der Waals surface area contributed by atoms with E-state index in [1.807, 2.05) is 66.9 Å². The molecule has 3 atom stereocenters. The van der Waals surface area contributed by atoms with Crippen LogP contribution in [0.1, 0.15) is 62.6 Å². The lowest BCUT2D eigenvalue weighted by molar-refractivity contribution is -0.172. The van der Waals surface area contributed by atoms with Crippen LogP contribution in [-0.4, -0.2) is 108 Å². The number of allylic oxidation sites excluding steroid dienone is 1. The van der Waals surface area contributed by atoms with E-state index < -0.39 is 12.2 Å². The molecule has 2 fully saturated rings. The van der Waals surface area contributed by atoms with Crippen molar-refractivity contribution in [2.24, 2.45) is 13.0 Å². The summed E-state index contributed by atoms with van der Waals surface area (Å²) >= 11 is 0. The number of ether oxygens (including phenoxy) is 4. The van der Waals surface area contributed by atoms with E-state index in [0.29, 0.717) is 57.5 Å². The molecule has 11 nitrogen and oxygen atoms in total. The summed E-state index contributed by atoms with van der Waals surface area (Å²) < 4.78 is 27.3. The maximum absolute atomic E-state index is 14.2. The molecule has 1 aromatic heterocycles. The van der Waals surface area contributed by atoms with E-state index in [0.717, 1.165) is 37.3 Å². The lowest BCUT2D eigenvalue weighted by atomic mass is 9.81. The topological polar surface area (TPSA) is 108 Å². The van der Waals surface area contributed by atoms with Gasteiger partial charge in [0.2, 0.25) is 6.29 Å². The number of para-hydroxylation sites is 1. The normalized spacial score (nSPS) is 22.9. The summed E-state index contributed by atoms with van der Waals surface area (Å²) in [7, 11) is 1.89. The van der Waals surface area contributed by atoms with Gasteiger partial charge in [-0.2, -0.15) is 0 Å². The number of carbonyl (C=O) groups is 1. The Labute approximate surface area is 272 Å². The molecule has 5 rings (SSSR count). The van der Waals surface area contributed by atoms with Gasteiger partial charge in [-0.3, -0.25) is 14.3 Å². The molecule has 2 aromatic rings. The van der Waals surface area contributed by atoms with Gasteiger partial charge in [0.15, 0.2) is 5.76 Å². The molecule has 46 heavy (non-hydrogen) atoms. The van der Waals surface area contributed by atoms with Crippen LogP contribution in [0, 0.1) is 12.8 Å². The van der Waals surface area contributed by atoms with Crippen molar-refractivity contribution in [2.75, 3.05) is 65.8 Å². The lowest BCUT2D eigenvalue weighted by Gasteiger charge is -2.41. The first-order valence-corrected chi connectivity index (χ1v) is 17.1. The van der Waals surface area contributed by atoms with Gasteiger partial charge in [0, 0.05) is 62.5 Å². The number of benzene rings is 1. The molecule has 3 aliphatic rings. The Bertz CT molecular complexity index is 1340. The first-order chi connectivity index (χ1) is 22.4. The van der Waals surface area contributed by atoms with Crippen LogP contribution in [-0.2, 0) is 30.8 Å². The van der Waals surface area contributed by atoms with Crippen LogP contribution in [0.15, 0.2) is 47.0 Å². The fourth-order valence-electron chi connectivity index (χ4n) is 7.22. The Morgan fingerprint density at radius 3 is 2.35 bits per heavy atom. The molecule has 1 N–H and O–H groups in total. The van der Waals surface area contributed by atoms with Gasteiger partial charge in [-0.15, -0.1) is 0 Å². The number of amides is 1. The van der Waals surface area contributed by atoms with E-state index in [9.17, 15) is 9.59 Å². The standard InChI is InChI=1S/C35H52N4O7/c1-4-45-35-29(15-21-43-23-24-44-22-20-40)30(32-26(2)36(3)39(34(32)42)28-11-7-5-8-12-28)25-31(46-35)33(41)38-18-13-27(14-19-38)37-16-9-6-10-17-37/h5,7-8,11-12,25,27,29-30,35,40H,4,6,9-10,13-24H2,1-3H3/t29-,30-,35+/m0/s1. The largest absolute Gasteiger partial charge is 0.459 e. The third-order valence-electron chi connectivity index (χ3n) is 9.72. The van der Waals surface area contributed by atoms with Crippen molar-refractivity contribution in [3.63, 3.8) is 0 Å². The molecule has 3 aliphatic heterocycles. The van der Waals surface area contributed by atoms with Crippen LogP contribution in [0.2, 0.25) is 0 Å². The second-order valence-electron chi connectivity index (χ2n) is 12.5. The number of aliphatic hydroxyl groups is 1. The number of aromatic nitrogens is 2. The maximum atomic E-state index is 14.2. The Morgan fingerprint density at radius 2 is 1.67 bits per heavy atom. The summed E-state index contributed by atoms with van der Waals surface area (Å²) in [6.07, 6.45) is 7.44. The van der Waals surface area contributed by atoms with Gasteiger partial charge in [0.25, 0.3) is 11.5 Å². The monoisotopic (exact) mass is 640 g/mol. The van der Waals surface area contributed by atoms with Gasteiger partial charge in [-0.05, 0) is 77.2 Å². The van der Waals surface area contributed by atoms with Gasteiger partial charge in [-0.1, -0.05) is 24.6 Å². The number of likely N-dealkylation sites (tertiary alicyclic amines) is 2. The highest BCUT2D eigenvalue weighted by Crippen LogP contribution is 2.40. The highest BCUT2D eigenvalue weighted by Gasteiger charge is 2.42. The van der Waals surface area contributed by atoms with E-state index in [2.05, 4.69) is 4.90 Å². The van der Waals surface area contributed by atoms with Crippen molar-refractivity contribution in [2.45, 2.75) is 70.6 Å². The molecule has 254 valence electrons. The van der Waals surface area contributed by atoms with E-state index in [1.54, 1.807) is 4.68 Å². The number of hydrogen-bond donors (Lipinski definition) is 1. The van der Waals surface area contributed by atoms with Gasteiger partial charge >= 0.3 is 0 Å². The molecule has 11 heteroatoms. The predicted molar refractivity (Wildman–Crippen MR) is 175 cm³/mol. The second-order valence-corrected chi connectivity index (χ2v) is 12.5. The Morgan fingerprint density at radius 1 is 0.978 bits per heavy atom. The Hall–Kier alpha value is -2.96. The molecular formula is C35H52N4O7. The summed E-state index contributed by atoms with van der Waals surface area (Å²) in [5, 5.41) is 8.95. The number of nitrogens with zero attached hydrogens (tertiary/aromatic N) is 4. The molecule has 0 radical (unpaired) electrons. The summed E-state index contributed by atoms with van der Waals surface area (Å²) in [6, 6.07) is 10.1. The van der Waals surface area contributed by atoms with Crippen LogP contribution < -0.4 is 5.56 Å². The summed E-state index contributed by atoms with van der Waals surface area (Å²) in [4.78, 5) is 32.8. The molecule has 4 heterocycles. The SMILES string of the molecule is CCO[C@@H]1OC(C(=O)N2CCC(N3CCCCC3)CC2)=C[C@H](c2c(C)n(C)n(-c3ccccc3)c2=O)[C@@H]1CCOCCOCCO. The molecule has 0 aliphatic carbocycles. The highest BCUT2D eigenvalue weighted by molar-refractivity contribution is 5.92.